The van der Waals surface area contributed by atoms with Crippen LogP contribution in [-0.4, -0.2) is 29.6 Å². The van der Waals surface area contributed by atoms with E-state index >= 15 is 0 Å². The highest BCUT2D eigenvalue weighted by atomic mass is 79.9. The van der Waals surface area contributed by atoms with Crippen molar-refractivity contribution in [3.63, 3.8) is 0 Å². The van der Waals surface area contributed by atoms with Crippen LogP contribution in [0.25, 0.3) is 0 Å². The van der Waals surface area contributed by atoms with Gasteiger partial charge in [-0.05, 0) is 40.5 Å². The van der Waals surface area contributed by atoms with Crippen LogP contribution in [0.1, 0.15) is 22.3 Å². The van der Waals surface area contributed by atoms with Gasteiger partial charge in [-0.3, -0.25) is 4.79 Å². The Morgan fingerprint density at radius 3 is 2.85 bits per heavy atom. The zero-order valence-electron chi connectivity index (χ0n) is 11.1. The van der Waals surface area contributed by atoms with Crippen molar-refractivity contribution in [3.05, 3.63) is 33.2 Å². The molecule has 0 unspecified atom stereocenters. The number of benzene rings is 1. The lowest BCUT2D eigenvalue weighted by Gasteiger charge is -2.06. The maximum atomic E-state index is 12.1. The summed E-state index contributed by atoms with van der Waals surface area (Å²) in [5, 5.41) is 12.6. The van der Waals surface area contributed by atoms with E-state index < -0.39 is 0 Å². The van der Waals surface area contributed by atoms with Crippen LogP contribution in [0.3, 0.4) is 0 Å². The van der Waals surface area contributed by atoms with Gasteiger partial charge in [0, 0.05) is 5.56 Å². The third-order valence-corrected chi connectivity index (χ3v) is 4.29. The third kappa shape index (κ3) is 3.55. The van der Waals surface area contributed by atoms with Gasteiger partial charge < -0.3 is 10.1 Å². The minimum atomic E-state index is -0.0124. The standard InChI is InChI=1S/C13H14BrN3O2S/c1-3-12-16-17-13(20-12)15-7-10(18)8-4-5-11(19-2)9(14)6-8/h4-6H,3,7H2,1-2H3,(H,15,17). The number of aromatic nitrogens is 2. The molecule has 0 atom stereocenters. The van der Waals surface area contributed by atoms with Gasteiger partial charge in [0.1, 0.15) is 10.8 Å². The number of anilines is 1. The molecule has 0 amide bonds. The molecule has 106 valence electrons. The highest BCUT2D eigenvalue weighted by Crippen LogP contribution is 2.25. The van der Waals surface area contributed by atoms with Crippen molar-refractivity contribution in [2.24, 2.45) is 0 Å². The number of halogens is 1. The predicted molar refractivity (Wildman–Crippen MR) is 82.8 cm³/mol. The number of ether oxygens (including phenoxy) is 1. The number of nitrogens with one attached hydrogen (secondary N) is 1. The molecule has 2 aromatic rings. The van der Waals surface area contributed by atoms with Crippen molar-refractivity contribution in [2.45, 2.75) is 13.3 Å². The number of rotatable bonds is 6. The Hall–Kier alpha value is -1.47. The summed E-state index contributed by atoms with van der Waals surface area (Å²) in [6, 6.07) is 5.25. The van der Waals surface area contributed by atoms with Crippen LogP contribution in [0.5, 0.6) is 5.75 Å². The normalized spacial score (nSPS) is 10.3. The van der Waals surface area contributed by atoms with Crippen molar-refractivity contribution in [2.75, 3.05) is 19.0 Å². The Bertz CT molecular complexity index is 615. The third-order valence-electron chi connectivity index (χ3n) is 2.64. The molecule has 1 aromatic heterocycles. The summed E-state index contributed by atoms with van der Waals surface area (Å²) in [4.78, 5) is 12.1. The minimum Gasteiger partial charge on any atom is -0.496 e. The molecule has 5 nitrogen and oxygen atoms in total. The Morgan fingerprint density at radius 1 is 1.45 bits per heavy atom. The Kier molecular flexibility index (Phi) is 5.08. The lowest BCUT2D eigenvalue weighted by atomic mass is 10.1. The molecule has 1 N–H and O–H groups in total. The quantitative estimate of drug-likeness (QED) is 0.806. The number of aryl methyl sites for hydroxylation is 1. The van der Waals surface area contributed by atoms with Crippen LogP contribution in [-0.2, 0) is 6.42 Å². The van der Waals surface area contributed by atoms with Gasteiger partial charge >= 0.3 is 0 Å². The van der Waals surface area contributed by atoms with E-state index in [0.29, 0.717) is 16.4 Å². The van der Waals surface area contributed by atoms with Crippen molar-refractivity contribution >= 4 is 38.2 Å². The fourth-order valence-electron chi connectivity index (χ4n) is 1.57. The highest BCUT2D eigenvalue weighted by molar-refractivity contribution is 9.10. The lowest BCUT2D eigenvalue weighted by Crippen LogP contribution is -2.13. The molecule has 1 heterocycles. The molecule has 0 fully saturated rings. The van der Waals surface area contributed by atoms with E-state index in [9.17, 15) is 4.79 Å². The van der Waals surface area contributed by atoms with Gasteiger partial charge in [0.25, 0.3) is 0 Å². The first-order valence-electron chi connectivity index (χ1n) is 6.07. The molecular formula is C13H14BrN3O2S. The number of Topliss-reactive ketones (excluding diaryl/α,β-unsaturated/α-hetero) is 1. The fraction of sp³-hybridized carbons (Fsp3) is 0.308. The first-order valence-corrected chi connectivity index (χ1v) is 7.68. The van der Waals surface area contributed by atoms with Gasteiger partial charge in [-0.2, -0.15) is 0 Å². The van der Waals surface area contributed by atoms with Gasteiger partial charge in [-0.1, -0.05) is 18.3 Å². The minimum absolute atomic E-state index is 0.0124. The average Bonchev–Trinajstić information content (AvgIpc) is 2.92. The second-order valence-electron chi connectivity index (χ2n) is 3.98. The molecule has 0 saturated heterocycles. The van der Waals surface area contributed by atoms with Gasteiger partial charge in [-0.15, -0.1) is 10.2 Å². The van der Waals surface area contributed by atoms with E-state index in [1.165, 1.54) is 11.3 Å². The van der Waals surface area contributed by atoms with Crippen LogP contribution in [0.15, 0.2) is 22.7 Å². The second kappa shape index (κ2) is 6.81. The van der Waals surface area contributed by atoms with E-state index in [2.05, 4.69) is 31.4 Å². The van der Waals surface area contributed by atoms with E-state index in [1.807, 2.05) is 6.92 Å². The molecule has 1 aromatic carbocycles. The maximum absolute atomic E-state index is 12.1. The summed E-state index contributed by atoms with van der Waals surface area (Å²) in [7, 11) is 1.59. The SMILES string of the molecule is CCc1nnc(NCC(=O)c2ccc(OC)c(Br)c2)s1. The lowest BCUT2D eigenvalue weighted by molar-refractivity contribution is 0.101. The zero-order chi connectivity index (χ0) is 14.5. The van der Waals surface area contributed by atoms with Crippen LogP contribution in [0.2, 0.25) is 0 Å². The summed E-state index contributed by atoms with van der Waals surface area (Å²) < 4.78 is 5.89. The molecular weight excluding hydrogens is 342 g/mol. The van der Waals surface area contributed by atoms with Gasteiger partial charge in [0.2, 0.25) is 5.13 Å². The molecule has 0 bridgehead atoms. The van der Waals surface area contributed by atoms with Crippen molar-refractivity contribution in [1.82, 2.24) is 10.2 Å². The van der Waals surface area contributed by atoms with E-state index in [1.54, 1.807) is 25.3 Å². The predicted octanol–water partition coefficient (Wildman–Crippen LogP) is 3.17. The zero-order valence-corrected chi connectivity index (χ0v) is 13.5. The molecule has 0 spiro atoms. The number of carbonyl (C=O) groups is 1. The number of ketones is 1. The topological polar surface area (TPSA) is 64.1 Å². The molecule has 0 aliphatic rings. The molecule has 0 aliphatic carbocycles. The first kappa shape index (κ1) is 14.9. The van der Waals surface area contributed by atoms with E-state index in [4.69, 9.17) is 4.74 Å². The first-order chi connectivity index (χ1) is 9.63. The number of nitrogens with zero attached hydrogens (tertiary/aromatic N) is 2. The second-order valence-corrected chi connectivity index (χ2v) is 5.90. The summed E-state index contributed by atoms with van der Waals surface area (Å²) in [6.45, 7) is 2.21. The molecule has 20 heavy (non-hydrogen) atoms. The van der Waals surface area contributed by atoms with E-state index in [-0.39, 0.29) is 12.3 Å². The Labute approximate surface area is 129 Å². The Morgan fingerprint density at radius 2 is 2.25 bits per heavy atom. The number of carbonyl (C=O) groups excluding carboxylic acids is 1. The van der Waals surface area contributed by atoms with Crippen molar-refractivity contribution in [1.29, 1.82) is 0 Å². The number of methoxy groups -OCH3 is 1. The van der Waals surface area contributed by atoms with Gasteiger partial charge in [-0.25, -0.2) is 0 Å². The van der Waals surface area contributed by atoms with Crippen LogP contribution in [0.4, 0.5) is 5.13 Å². The molecule has 7 heteroatoms. The van der Waals surface area contributed by atoms with Crippen molar-refractivity contribution < 1.29 is 9.53 Å². The summed E-state index contributed by atoms with van der Waals surface area (Å²) in [5.74, 6) is 0.688. The fourth-order valence-corrected chi connectivity index (χ4v) is 2.78. The molecule has 0 saturated carbocycles. The Balaban J connectivity index is 1.99. The average molecular weight is 356 g/mol. The maximum Gasteiger partial charge on any atom is 0.206 e. The van der Waals surface area contributed by atoms with Crippen LogP contribution in [0, 0.1) is 0 Å². The molecule has 0 radical (unpaired) electrons. The summed E-state index contributed by atoms with van der Waals surface area (Å²) in [5.41, 5.74) is 0.616. The van der Waals surface area contributed by atoms with Crippen molar-refractivity contribution in [3.8, 4) is 5.75 Å². The largest absolute Gasteiger partial charge is 0.496 e. The highest BCUT2D eigenvalue weighted by Gasteiger charge is 2.10. The molecule has 0 aliphatic heterocycles. The smallest absolute Gasteiger partial charge is 0.206 e. The number of hydrogen-bond acceptors (Lipinski definition) is 6. The van der Waals surface area contributed by atoms with Crippen LogP contribution >= 0.6 is 27.3 Å². The number of hydrogen-bond donors (Lipinski definition) is 1. The summed E-state index contributed by atoms with van der Waals surface area (Å²) in [6.07, 6.45) is 0.846. The molecule has 2 rings (SSSR count). The monoisotopic (exact) mass is 355 g/mol. The van der Waals surface area contributed by atoms with Crippen LogP contribution < -0.4 is 10.1 Å². The van der Waals surface area contributed by atoms with Gasteiger partial charge in [0.05, 0.1) is 18.1 Å². The van der Waals surface area contributed by atoms with E-state index in [0.717, 1.165) is 15.9 Å². The van der Waals surface area contributed by atoms with Gasteiger partial charge in [0.15, 0.2) is 5.78 Å². The summed E-state index contributed by atoms with van der Waals surface area (Å²) >= 11 is 4.83.